The summed E-state index contributed by atoms with van der Waals surface area (Å²) in [6.07, 6.45) is 9.32. The standard InChI is InChI=1S/C9H17N/c1-3-5-6-7-8-9(10)4-2/h4-6,9H,2-3,7-8,10H2,1H3/b6-5-. The van der Waals surface area contributed by atoms with Gasteiger partial charge in [0.1, 0.15) is 0 Å². The lowest BCUT2D eigenvalue weighted by molar-refractivity contribution is 0.734. The van der Waals surface area contributed by atoms with Crippen molar-refractivity contribution in [2.24, 2.45) is 5.73 Å². The summed E-state index contributed by atoms with van der Waals surface area (Å²) >= 11 is 0. The van der Waals surface area contributed by atoms with Crippen LogP contribution in [0.2, 0.25) is 0 Å². The molecule has 10 heavy (non-hydrogen) atoms. The summed E-state index contributed by atoms with van der Waals surface area (Å²) in [6, 6.07) is 0.168. The number of nitrogens with two attached hydrogens (primary N) is 1. The van der Waals surface area contributed by atoms with Crippen molar-refractivity contribution in [1.29, 1.82) is 0 Å². The molecule has 0 fully saturated rings. The Bertz CT molecular complexity index is 105. The van der Waals surface area contributed by atoms with Crippen LogP contribution in [0.3, 0.4) is 0 Å². The van der Waals surface area contributed by atoms with Crippen molar-refractivity contribution in [2.75, 3.05) is 0 Å². The van der Waals surface area contributed by atoms with Gasteiger partial charge in [-0.25, -0.2) is 0 Å². The maximum atomic E-state index is 5.60. The Balaban J connectivity index is 3.18. The first-order chi connectivity index (χ1) is 4.81. The molecule has 0 aliphatic carbocycles. The van der Waals surface area contributed by atoms with E-state index in [1.54, 1.807) is 6.08 Å². The molecule has 0 aliphatic rings. The van der Waals surface area contributed by atoms with E-state index in [0.717, 1.165) is 19.3 Å². The predicted molar refractivity (Wildman–Crippen MR) is 46.8 cm³/mol. The molecule has 0 heterocycles. The molecule has 0 saturated heterocycles. The zero-order valence-electron chi connectivity index (χ0n) is 6.72. The van der Waals surface area contributed by atoms with E-state index in [4.69, 9.17) is 5.73 Å². The highest BCUT2D eigenvalue weighted by molar-refractivity contribution is 4.87. The van der Waals surface area contributed by atoms with Crippen LogP contribution in [0.25, 0.3) is 0 Å². The third-order valence-electron chi connectivity index (χ3n) is 1.37. The van der Waals surface area contributed by atoms with E-state index in [1.807, 2.05) is 0 Å². The lowest BCUT2D eigenvalue weighted by Gasteiger charge is -2.00. The monoisotopic (exact) mass is 139 g/mol. The molecule has 1 nitrogen and oxygen atoms in total. The van der Waals surface area contributed by atoms with Gasteiger partial charge in [-0.15, -0.1) is 6.58 Å². The largest absolute Gasteiger partial charge is 0.324 e. The van der Waals surface area contributed by atoms with Gasteiger partial charge in [-0.1, -0.05) is 25.2 Å². The maximum Gasteiger partial charge on any atom is 0.0224 e. The summed E-state index contributed by atoms with van der Waals surface area (Å²) in [6.45, 7) is 5.74. The van der Waals surface area contributed by atoms with E-state index in [0.29, 0.717) is 0 Å². The highest BCUT2D eigenvalue weighted by atomic mass is 14.6. The quantitative estimate of drug-likeness (QED) is 0.581. The average molecular weight is 139 g/mol. The van der Waals surface area contributed by atoms with E-state index in [1.165, 1.54) is 0 Å². The first-order valence-electron chi connectivity index (χ1n) is 3.84. The van der Waals surface area contributed by atoms with Crippen molar-refractivity contribution in [3.05, 3.63) is 24.8 Å². The summed E-state index contributed by atoms with van der Waals surface area (Å²) in [5.74, 6) is 0. The molecule has 0 aromatic heterocycles. The zero-order chi connectivity index (χ0) is 7.82. The minimum Gasteiger partial charge on any atom is -0.324 e. The molecule has 0 aromatic carbocycles. The summed E-state index contributed by atoms with van der Waals surface area (Å²) in [7, 11) is 0. The van der Waals surface area contributed by atoms with Crippen molar-refractivity contribution >= 4 is 0 Å². The van der Waals surface area contributed by atoms with Gasteiger partial charge in [0.2, 0.25) is 0 Å². The lowest BCUT2D eigenvalue weighted by atomic mass is 10.1. The molecule has 0 spiro atoms. The SMILES string of the molecule is C=CC(N)CC/C=C\CC. The fourth-order valence-electron chi connectivity index (χ4n) is 0.691. The van der Waals surface area contributed by atoms with Crippen LogP contribution in [0.4, 0.5) is 0 Å². The Morgan fingerprint density at radius 3 is 2.70 bits per heavy atom. The fraction of sp³-hybridized carbons (Fsp3) is 0.556. The summed E-state index contributed by atoms with van der Waals surface area (Å²) in [5, 5.41) is 0. The van der Waals surface area contributed by atoms with Gasteiger partial charge in [-0.05, 0) is 19.3 Å². The molecule has 2 N–H and O–H groups in total. The van der Waals surface area contributed by atoms with Crippen molar-refractivity contribution in [1.82, 2.24) is 0 Å². The van der Waals surface area contributed by atoms with Crippen molar-refractivity contribution in [2.45, 2.75) is 32.2 Å². The summed E-state index contributed by atoms with van der Waals surface area (Å²) < 4.78 is 0. The third-order valence-corrected chi connectivity index (χ3v) is 1.37. The van der Waals surface area contributed by atoms with E-state index in [9.17, 15) is 0 Å². The Morgan fingerprint density at radius 1 is 1.50 bits per heavy atom. The average Bonchev–Trinajstić information content (AvgIpc) is 1.98. The van der Waals surface area contributed by atoms with E-state index in [-0.39, 0.29) is 6.04 Å². The molecule has 1 heteroatoms. The van der Waals surface area contributed by atoms with Crippen molar-refractivity contribution in [3.8, 4) is 0 Å². The molecule has 0 amide bonds. The molecule has 0 bridgehead atoms. The zero-order valence-corrected chi connectivity index (χ0v) is 6.72. The second-order valence-corrected chi connectivity index (χ2v) is 2.36. The highest BCUT2D eigenvalue weighted by Crippen LogP contribution is 1.96. The van der Waals surface area contributed by atoms with Crippen LogP contribution >= 0.6 is 0 Å². The first kappa shape index (κ1) is 9.44. The molecule has 0 aliphatic heterocycles. The van der Waals surface area contributed by atoms with Crippen LogP contribution in [0, 0.1) is 0 Å². The van der Waals surface area contributed by atoms with E-state index in [2.05, 4.69) is 25.7 Å². The van der Waals surface area contributed by atoms with Crippen molar-refractivity contribution in [3.63, 3.8) is 0 Å². The van der Waals surface area contributed by atoms with Gasteiger partial charge in [0.05, 0.1) is 0 Å². The van der Waals surface area contributed by atoms with Crippen LogP contribution in [0.5, 0.6) is 0 Å². The number of rotatable bonds is 5. The molecule has 1 atom stereocenters. The first-order valence-corrected chi connectivity index (χ1v) is 3.84. The van der Waals surface area contributed by atoms with Gasteiger partial charge in [0, 0.05) is 6.04 Å². The van der Waals surface area contributed by atoms with Gasteiger partial charge in [0.15, 0.2) is 0 Å². The lowest BCUT2D eigenvalue weighted by Crippen LogP contribution is -2.15. The highest BCUT2D eigenvalue weighted by Gasteiger charge is 1.91. The van der Waals surface area contributed by atoms with Crippen LogP contribution in [0.15, 0.2) is 24.8 Å². The Labute approximate surface area is 63.6 Å². The summed E-state index contributed by atoms with van der Waals surface area (Å²) in [4.78, 5) is 0. The second-order valence-electron chi connectivity index (χ2n) is 2.36. The molecule has 0 radical (unpaired) electrons. The van der Waals surface area contributed by atoms with E-state index >= 15 is 0 Å². The van der Waals surface area contributed by atoms with Gasteiger partial charge >= 0.3 is 0 Å². The van der Waals surface area contributed by atoms with Crippen molar-refractivity contribution < 1.29 is 0 Å². The van der Waals surface area contributed by atoms with Gasteiger partial charge < -0.3 is 5.73 Å². The van der Waals surface area contributed by atoms with Crippen LogP contribution < -0.4 is 5.73 Å². The molecule has 0 rings (SSSR count). The van der Waals surface area contributed by atoms with Gasteiger partial charge in [-0.2, -0.15) is 0 Å². The van der Waals surface area contributed by atoms with E-state index < -0.39 is 0 Å². The van der Waals surface area contributed by atoms with Gasteiger partial charge in [-0.3, -0.25) is 0 Å². The fourth-order valence-corrected chi connectivity index (χ4v) is 0.691. The van der Waals surface area contributed by atoms with Crippen LogP contribution in [0.1, 0.15) is 26.2 Å². The Hall–Kier alpha value is -0.560. The molecule has 0 saturated carbocycles. The van der Waals surface area contributed by atoms with Crippen LogP contribution in [-0.2, 0) is 0 Å². The maximum absolute atomic E-state index is 5.60. The van der Waals surface area contributed by atoms with Crippen LogP contribution in [-0.4, -0.2) is 6.04 Å². The molecule has 0 aromatic rings. The Morgan fingerprint density at radius 2 is 2.20 bits per heavy atom. The topological polar surface area (TPSA) is 26.0 Å². The number of hydrogen-bond donors (Lipinski definition) is 1. The minimum atomic E-state index is 0.168. The molecular weight excluding hydrogens is 122 g/mol. The Kier molecular flexibility index (Phi) is 6.19. The smallest absolute Gasteiger partial charge is 0.0224 e. The number of allylic oxidation sites excluding steroid dienone is 2. The predicted octanol–water partition coefficient (Wildman–Crippen LogP) is 2.25. The minimum absolute atomic E-state index is 0.168. The van der Waals surface area contributed by atoms with Gasteiger partial charge in [0.25, 0.3) is 0 Å². The molecular formula is C9H17N. The molecule has 58 valence electrons. The normalized spacial score (nSPS) is 13.8. The summed E-state index contributed by atoms with van der Waals surface area (Å²) in [5.41, 5.74) is 5.60. The molecule has 1 unspecified atom stereocenters. The second kappa shape index (κ2) is 6.56. The number of hydrogen-bond acceptors (Lipinski definition) is 1. The third kappa shape index (κ3) is 5.57.